The molecule has 2 heteroatoms. The number of nitrogens with one attached hydrogen (secondary N) is 1. The molecule has 1 aliphatic rings. The summed E-state index contributed by atoms with van der Waals surface area (Å²) < 4.78 is 6.04. The molecule has 0 heterocycles. The van der Waals surface area contributed by atoms with Gasteiger partial charge in [-0.25, -0.2) is 0 Å². The molecule has 0 unspecified atom stereocenters. The van der Waals surface area contributed by atoms with Gasteiger partial charge in [0.05, 0.1) is 12.7 Å². The van der Waals surface area contributed by atoms with E-state index < -0.39 is 0 Å². The molecule has 1 fully saturated rings. The van der Waals surface area contributed by atoms with Crippen LogP contribution in [0.1, 0.15) is 57.6 Å². The van der Waals surface area contributed by atoms with E-state index in [0.29, 0.717) is 12.1 Å². The van der Waals surface area contributed by atoms with Crippen molar-refractivity contribution in [1.29, 1.82) is 0 Å². The average molecular weight is 275 g/mol. The maximum absolute atomic E-state index is 6.04. The van der Waals surface area contributed by atoms with Gasteiger partial charge in [0, 0.05) is 12.6 Å². The minimum atomic E-state index is 0.480. The third-order valence-corrected chi connectivity index (χ3v) is 4.19. The number of hydrogen-bond donors (Lipinski definition) is 1. The van der Waals surface area contributed by atoms with Gasteiger partial charge in [0.25, 0.3) is 0 Å². The second-order valence-corrected chi connectivity index (χ2v) is 6.54. The van der Waals surface area contributed by atoms with Gasteiger partial charge in [-0.3, -0.25) is 0 Å². The SMILES string of the molecule is CC1CCC(OCc2ccc(CNC(C)C)cc2)CC1. The van der Waals surface area contributed by atoms with Gasteiger partial charge in [-0.05, 0) is 42.7 Å². The number of rotatable bonds is 6. The Kier molecular flexibility index (Phi) is 6.06. The van der Waals surface area contributed by atoms with Crippen LogP contribution in [0, 0.1) is 5.92 Å². The highest BCUT2D eigenvalue weighted by atomic mass is 16.5. The lowest BCUT2D eigenvalue weighted by atomic mass is 9.89. The minimum absolute atomic E-state index is 0.480. The van der Waals surface area contributed by atoms with Crippen LogP contribution in [0.3, 0.4) is 0 Å². The van der Waals surface area contributed by atoms with Crippen LogP contribution >= 0.6 is 0 Å². The summed E-state index contributed by atoms with van der Waals surface area (Å²) >= 11 is 0. The fourth-order valence-corrected chi connectivity index (χ4v) is 2.69. The highest BCUT2D eigenvalue weighted by molar-refractivity contribution is 5.22. The topological polar surface area (TPSA) is 21.3 Å². The van der Waals surface area contributed by atoms with Crippen LogP contribution in [0.4, 0.5) is 0 Å². The predicted octanol–water partition coefficient (Wildman–Crippen LogP) is 4.28. The maximum atomic E-state index is 6.04. The summed E-state index contributed by atoms with van der Waals surface area (Å²) in [5.41, 5.74) is 2.63. The molecule has 0 saturated heterocycles. The van der Waals surface area contributed by atoms with Gasteiger partial charge in [-0.2, -0.15) is 0 Å². The lowest BCUT2D eigenvalue weighted by Gasteiger charge is -2.26. The van der Waals surface area contributed by atoms with Crippen molar-refractivity contribution in [3.05, 3.63) is 35.4 Å². The van der Waals surface area contributed by atoms with Crippen LogP contribution in [0.2, 0.25) is 0 Å². The Bertz CT molecular complexity index is 377. The second kappa shape index (κ2) is 7.80. The molecule has 2 rings (SSSR count). The second-order valence-electron chi connectivity index (χ2n) is 6.54. The van der Waals surface area contributed by atoms with Crippen molar-refractivity contribution >= 4 is 0 Å². The Hall–Kier alpha value is -0.860. The van der Waals surface area contributed by atoms with Gasteiger partial charge in [0.2, 0.25) is 0 Å². The molecule has 1 aromatic rings. The van der Waals surface area contributed by atoms with Crippen molar-refractivity contribution < 1.29 is 4.74 Å². The van der Waals surface area contributed by atoms with Crippen molar-refractivity contribution in [1.82, 2.24) is 5.32 Å². The molecule has 0 radical (unpaired) electrons. The average Bonchev–Trinajstić information content (AvgIpc) is 2.45. The molecule has 1 aliphatic carbocycles. The number of hydrogen-bond acceptors (Lipinski definition) is 2. The molecular formula is C18H29NO. The summed E-state index contributed by atoms with van der Waals surface area (Å²) in [6.45, 7) is 8.40. The third-order valence-electron chi connectivity index (χ3n) is 4.19. The highest BCUT2D eigenvalue weighted by Gasteiger charge is 2.18. The molecule has 0 bridgehead atoms. The molecule has 0 atom stereocenters. The van der Waals surface area contributed by atoms with Crippen molar-refractivity contribution in [3.63, 3.8) is 0 Å². The molecule has 0 aromatic heterocycles. The Balaban J connectivity index is 1.73. The van der Waals surface area contributed by atoms with E-state index in [9.17, 15) is 0 Å². The van der Waals surface area contributed by atoms with Crippen molar-refractivity contribution in [3.8, 4) is 0 Å². The van der Waals surface area contributed by atoms with E-state index in [1.54, 1.807) is 0 Å². The zero-order chi connectivity index (χ0) is 14.4. The Labute approximate surface area is 123 Å². The summed E-state index contributed by atoms with van der Waals surface area (Å²) in [6, 6.07) is 9.34. The lowest BCUT2D eigenvalue weighted by Crippen LogP contribution is -2.21. The predicted molar refractivity (Wildman–Crippen MR) is 84.6 cm³/mol. The standard InChI is InChI=1S/C18H29NO/c1-14(2)19-12-16-6-8-17(9-7-16)13-20-18-10-4-15(3)5-11-18/h6-9,14-15,18-19H,4-5,10-13H2,1-3H3. The van der Waals surface area contributed by atoms with E-state index >= 15 is 0 Å². The molecule has 2 nitrogen and oxygen atoms in total. The van der Waals surface area contributed by atoms with Crippen LogP contribution in [0.25, 0.3) is 0 Å². The summed E-state index contributed by atoms with van der Waals surface area (Å²) in [5, 5.41) is 3.44. The van der Waals surface area contributed by atoms with E-state index in [4.69, 9.17) is 4.74 Å². The van der Waals surface area contributed by atoms with Gasteiger partial charge >= 0.3 is 0 Å². The first-order chi connectivity index (χ1) is 9.63. The van der Waals surface area contributed by atoms with E-state index in [1.165, 1.54) is 36.8 Å². The fraction of sp³-hybridized carbons (Fsp3) is 0.667. The molecule has 1 N–H and O–H groups in total. The molecule has 0 spiro atoms. The Morgan fingerprint density at radius 3 is 2.25 bits per heavy atom. The zero-order valence-electron chi connectivity index (χ0n) is 13.2. The Morgan fingerprint density at radius 2 is 1.65 bits per heavy atom. The van der Waals surface area contributed by atoms with Crippen LogP contribution in [0.5, 0.6) is 0 Å². The summed E-state index contributed by atoms with van der Waals surface area (Å²) in [4.78, 5) is 0. The van der Waals surface area contributed by atoms with E-state index in [1.807, 2.05) is 0 Å². The normalized spacial score (nSPS) is 23.2. The first-order valence-corrected chi connectivity index (χ1v) is 8.06. The van der Waals surface area contributed by atoms with Gasteiger partial charge in [-0.15, -0.1) is 0 Å². The number of ether oxygens (including phenoxy) is 1. The molecule has 20 heavy (non-hydrogen) atoms. The smallest absolute Gasteiger partial charge is 0.0720 e. The fourth-order valence-electron chi connectivity index (χ4n) is 2.69. The largest absolute Gasteiger partial charge is 0.374 e. The quantitative estimate of drug-likeness (QED) is 0.836. The van der Waals surface area contributed by atoms with E-state index in [0.717, 1.165) is 19.1 Å². The van der Waals surface area contributed by atoms with Gasteiger partial charge < -0.3 is 10.1 Å². The van der Waals surface area contributed by atoms with Crippen LogP contribution in [-0.4, -0.2) is 12.1 Å². The molecule has 1 aromatic carbocycles. The lowest BCUT2D eigenvalue weighted by molar-refractivity contribution is 0.00877. The van der Waals surface area contributed by atoms with Gasteiger partial charge in [0.15, 0.2) is 0 Å². The highest BCUT2D eigenvalue weighted by Crippen LogP contribution is 2.26. The van der Waals surface area contributed by atoms with Gasteiger partial charge in [-0.1, -0.05) is 45.0 Å². The maximum Gasteiger partial charge on any atom is 0.0720 e. The number of benzene rings is 1. The summed E-state index contributed by atoms with van der Waals surface area (Å²) in [5.74, 6) is 0.891. The molecular weight excluding hydrogens is 246 g/mol. The van der Waals surface area contributed by atoms with Gasteiger partial charge in [0.1, 0.15) is 0 Å². The van der Waals surface area contributed by atoms with Crippen molar-refractivity contribution in [2.75, 3.05) is 0 Å². The van der Waals surface area contributed by atoms with Crippen LogP contribution < -0.4 is 5.32 Å². The molecule has 0 aliphatic heterocycles. The van der Waals surface area contributed by atoms with Crippen molar-refractivity contribution in [2.45, 2.75) is 71.8 Å². The Morgan fingerprint density at radius 1 is 1.05 bits per heavy atom. The molecule has 0 amide bonds. The molecule has 112 valence electrons. The zero-order valence-corrected chi connectivity index (χ0v) is 13.2. The first kappa shape index (κ1) is 15.5. The molecule has 1 saturated carbocycles. The summed E-state index contributed by atoms with van der Waals surface area (Å²) in [7, 11) is 0. The van der Waals surface area contributed by atoms with Crippen molar-refractivity contribution in [2.24, 2.45) is 5.92 Å². The minimum Gasteiger partial charge on any atom is -0.374 e. The summed E-state index contributed by atoms with van der Waals surface area (Å²) in [6.07, 6.45) is 5.60. The van der Waals surface area contributed by atoms with Crippen LogP contribution in [0.15, 0.2) is 24.3 Å². The first-order valence-electron chi connectivity index (χ1n) is 8.06. The van der Waals surface area contributed by atoms with E-state index in [-0.39, 0.29) is 0 Å². The van der Waals surface area contributed by atoms with E-state index in [2.05, 4.69) is 50.4 Å². The monoisotopic (exact) mass is 275 g/mol. The third kappa shape index (κ3) is 5.26. The van der Waals surface area contributed by atoms with Crippen LogP contribution in [-0.2, 0) is 17.9 Å².